The van der Waals surface area contributed by atoms with Crippen molar-refractivity contribution in [1.29, 1.82) is 0 Å². The summed E-state index contributed by atoms with van der Waals surface area (Å²) in [6.07, 6.45) is 6.96. The van der Waals surface area contributed by atoms with Crippen LogP contribution < -0.4 is 5.56 Å². The Bertz CT molecular complexity index is 399. The van der Waals surface area contributed by atoms with E-state index in [1.165, 1.54) is 6.07 Å². The Balaban J connectivity index is 3.20. The molecule has 0 aliphatic heterocycles. The molecule has 1 rings (SSSR count). The van der Waals surface area contributed by atoms with Crippen LogP contribution in [0.25, 0.3) is 12.2 Å². The monoisotopic (exact) mass is 173 g/mol. The first kappa shape index (κ1) is 9.26. The molecule has 0 bridgehead atoms. The number of allylic oxidation sites excluding steroid dienone is 2. The SMILES string of the molecule is C=C/C=C\c1ccc(=O)[nH]c1C=C. The number of H-pyrrole nitrogens is 1. The Morgan fingerprint density at radius 2 is 2.08 bits per heavy atom. The van der Waals surface area contributed by atoms with Gasteiger partial charge in [-0.3, -0.25) is 4.79 Å². The van der Waals surface area contributed by atoms with Gasteiger partial charge in [0.25, 0.3) is 0 Å². The minimum atomic E-state index is -0.120. The van der Waals surface area contributed by atoms with Gasteiger partial charge in [-0.05, 0) is 17.7 Å². The van der Waals surface area contributed by atoms with Gasteiger partial charge in [-0.25, -0.2) is 0 Å². The molecule has 2 heteroatoms. The average Bonchev–Trinajstić information content (AvgIpc) is 2.16. The summed E-state index contributed by atoms with van der Waals surface area (Å²) in [5.41, 5.74) is 1.53. The van der Waals surface area contributed by atoms with Crippen molar-refractivity contribution in [3.63, 3.8) is 0 Å². The molecule has 0 spiro atoms. The van der Waals surface area contributed by atoms with Crippen molar-refractivity contribution in [2.45, 2.75) is 0 Å². The van der Waals surface area contributed by atoms with Crippen LogP contribution in [-0.4, -0.2) is 4.98 Å². The van der Waals surface area contributed by atoms with Gasteiger partial charge in [0.1, 0.15) is 0 Å². The third-order valence-corrected chi connectivity index (χ3v) is 1.60. The Labute approximate surface area is 76.9 Å². The Hall–Kier alpha value is -1.83. The van der Waals surface area contributed by atoms with Crippen LogP contribution >= 0.6 is 0 Å². The fourth-order valence-electron chi connectivity index (χ4n) is 0.988. The fourth-order valence-corrected chi connectivity index (χ4v) is 0.988. The summed E-state index contributed by atoms with van der Waals surface area (Å²) in [7, 11) is 0. The van der Waals surface area contributed by atoms with Gasteiger partial charge in [-0.1, -0.05) is 31.4 Å². The smallest absolute Gasteiger partial charge is 0.248 e. The average molecular weight is 173 g/mol. The number of hydrogen-bond acceptors (Lipinski definition) is 1. The Morgan fingerprint density at radius 1 is 1.31 bits per heavy atom. The highest BCUT2D eigenvalue weighted by atomic mass is 16.1. The number of rotatable bonds is 3. The van der Waals surface area contributed by atoms with E-state index in [2.05, 4.69) is 18.1 Å². The van der Waals surface area contributed by atoms with E-state index in [1.54, 1.807) is 24.3 Å². The maximum Gasteiger partial charge on any atom is 0.248 e. The summed E-state index contributed by atoms with van der Waals surface area (Å²) in [4.78, 5) is 13.6. The van der Waals surface area contributed by atoms with Crippen LogP contribution in [0.4, 0.5) is 0 Å². The summed E-state index contributed by atoms with van der Waals surface area (Å²) in [5.74, 6) is 0. The van der Waals surface area contributed by atoms with E-state index in [1.807, 2.05) is 6.08 Å². The normalized spacial score (nSPS) is 10.2. The van der Waals surface area contributed by atoms with Crippen LogP contribution in [0.3, 0.4) is 0 Å². The second kappa shape index (κ2) is 4.26. The highest BCUT2D eigenvalue weighted by molar-refractivity contribution is 5.61. The molecule has 1 aromatic heterocycles. The molecule has 0 fully saturated rings. The highest BCUT2D eigenvalue weighted by Gasteiger charge is 1.94. The Morgan fingerprint density at radius 3 is 2.69 bits per heavy atom. The first-order valence-corrected chi connectivity index (χ1v) is 3.93. The van der Waals surface area contributed by atoms with E-state index in [0.717, 1.165) is 11.3 Å². The molecule has 0 atom stereocenters. The van der Waals surface area contributed by atoms with Crippen LogP contribution in [-0.2, 0) is 0 Å². The standard InChI is InChI=1S/C11H11NO/c1-3-5-6-9-7-8-11(13)12-10(9)4-2/h3-8H,1-2H2,(H,12,13)/b6-5-. The summed E-state index contributed by atoms with van der Waals surface area (Å²) in [6.45, 7) is 7.18. The lowest BCUT2D eigenvalue weighted by Crippen LogP contribution is -2.05. The molecule has 66 valence electrons. The number of aromatic amines is 1. The lowest BCUT2D eigenvalue weighted by molar-refractivity contribution is 1.21. The largest absolute Gasteiger partial charge is 0.322 e. The van der Waals surface area contributed by atoms with E-state index in [0.29, 0.717) is 0 Å². The molecule has 2 nitrogen and oxygen atoms in total. The van der Waals surface area contributed by atoms with Gasteiger partial charge >= 0.3 is 0 Å². The van der Waals surface area contributed by atoms with Crippen LogP contribution in [0, 0.1) is 0 Å². The zero-order valence-corrected chi connectivity index (χ0v) is 7.29. The van der Waals surface area contributed by atoms with Gasteiger partial charge in [-0.2, -0.15) is 0 Å². The van der Waals surface area contributed by atoms with Crippen molar-refractivity contribution < 1.29 is 0 Å². The molecule has 1 N–H and O–H groups in total. The van der Waals surface area contributed by atoms with Crippen molar-refractivity contribution in [3.8, 4) is 0 Å². The van der Waals surface area contributed by atoms with E-state index < -0.39 is 0 Å². The van der Waals surface area contributed by atoms with Crippen molar-refractivity contribution in [1.82, 2.24) is 4.98 Å². The molecule has 0 radical (unpaired) electrons. The van der Waals surface area contributed by atoms with Crippen molar-refractivity contribution >= 4 is 12.2 Å². The second-order valence-electron chi connectivity index (χ2n) is 2.49. The zero-order valence-electron chi connectivity index (χ0n) is 7.29. The summed E-state index contributed by atoms with van der Waals surface area (Å²) in [5, 5.41) is 0. The van der Waals surface area contributed by atoms with E-state index in [-0.39, 0.29) is 5.56 Å². The first-order valence-electron chi connectivity index (χ1n) is 3.93. The molecule has 0 saturated heterocycles. The third-order valence-electron chi connectivity index (χ3n) is 1.60. The first-order chi connectivity index (χ1) is 6.27. The van der Waals surface area contributed by atoms with Gasteiger partial charge < -0.3 is 4.98 Å². The maximum absolute atomic E-state index is 10.9. The second-order valence-corrected chi connectivity index (χ2v) is 2.49. The lowest BCUT2D eigenvalue weighted by Gasteiger charge is -1.98. The zero-order chi connectivity index (χ0) is 9.68. The number of nitrogens with one attached hydrogen (secondary N) is 1. The van der Waals surface area contributed by atoms with Gasteiger partial charge in [0.2, 0.25) is 5.56 Å². The van der Waals surface area contributed by atoms with Gasteiger partial charge in [-0.15, -0.1) is 0 Å². The van der Waals surface area contributed by atoms with Crippen LogP contribution in [0.2, 0.25) is 0 Å². The molecule has 1 aromatic rings. The molecule has 0 saturated carbocycles. The molecule has 0 amide bonds. The summed E-state index contributed by atoms with van der Waals surface area (Å²) < 4.78 is 0. The molecule has 0 aromatic carbocycles. The summed E-state index contributed by atoms with van der Waals surface area (Å²) >= 11 is 0. The molecule has 0 unspecified atom stereocenters. The van der Waals surface area contributed by atoms with E-state index >= 15 is 0 Å². The molecule has 13 heavy (non-hydrogen) atoms. The van der Waals surface area contributed by atoms with Crippen LogP contribution in [0.15, 0.2) is 42.2 Å². The maximum atomic E-state index is 10.9. The highest BCUT2D eigenvalue weighted by Crippen LogP contribution is 2.06. The van der Waals surface area contributed by atoms with Crippen LogP contribution in [0.5, 0.6) is 0 Å². The van der Waals surface area contributed by atoms with Gasteiger partial charge in [0, 0.05) is 11.8 Å². The summed E-state index contributed by atoms with van der Waals surface area (Å²) in [6, 6.07) is 3.23. The molecular formula is C11H11NO. The fraction of sp³-hybridized carbons (Fsp3) is 0. The number of hydrogen-bond donors (Lipinski definition) is 1. The lowest BCUT2D eigenvalue weighted by atomic mass is 10.2. The predicted octanol–water partition coefficient (Wildman–Crippen LogP) is 2.22. The number of aromatic nitrogens is 1. The van der Waals surface area contributed by atoms with E-state index in [9.17, 15) is 4.79 Å². The molecule has 0 aliphatic carbocycles. The van der Waals surface area contributed by atoms with Crippen molar-refractivity contribution in [2.24, 2.45) is 0 Å². The Kier molecular flexibility index (Phi) is 3.03. The third kappa shape index (κ3) is 2.30. The quantitative estimate of drug-likeness (QED) is 0.698. The van der Waals surface area contributed by atoms with E-state index in [4.69, 9.17) is 0 Å². The molecule has 0 aliphatic rings. The van der Waals surface area contributed by atoms with Gasteiger partial charge in [0.15, 0.2) is 0 Å². The predicted molar refractivity (Wildman–Crippen MR) is 56.4 cm³/mol. The topological polar surface area (TPSA) is 32.9 Å². The minimum Gasteiger partial charge on any atom is -0.322 e. The molecule has 1 heterocycles. The number of pyridine rings is 1. The minimum absolute atomic E-state index is 0.120. The van der Waals surface area contributed by atoms with Crippen LogP contribution in [0.1, 0.15) is 11.3 Å². The van der Waals surface area contributed by atoms with Crippen molar-refractivity contribution in [3.05, 3.63) is 59.1 Å². The van der Waals surface area contributed by atoms with Crippen molar-refractivity contribution in [2.75, 3.05) is 0 Å². The molecular weight excluding hydrogens is 162 g/mol. The van der Waals surface area contributed by atoms with Gasteiger partial charge in [0.05, 0.1) is 0 Å².